The van der Waals surface area contributed by atoms with Gasteiger partial charge < -0.3 is 5.32 Å². The first kappa shape index (κ1) is 24.7. The Balaban J connectivity index is 1.75. The van der Waals surface area contributed by atoms with Gasteiger partial charge in [0.1, 0.15) is 0 Å². The number of amides is 1. The molecule has 2 aromatic carbocycles. The minimum atomic E-state index is -0.467. The lowest BCUT2D eigenvalue weighted by Crippen LogP contribution is -2.55. The normalized spacial score (nSPS) is 27.0. The van der Waals surface area contributed by atoms with Gasteiger partial charge in [0, 0.05) is 26.8 Å². The van der Waals surface area contributed by atoms with Crippen LogP contribution >= 0.6 is 35.0 Å². The first-order valence-corrected chi connectivity index (χ1v) is 13.6. The predicted octanol–water partition coefficient (Wildman–Crippen LogP) is 8.00. The maximum absolute atomic E-state index is 13.4. The van der Waals surface area contributed by atoms with Gasteiger partial charge in [-0.25, -0.2) is 0 Å². The van der Waals surface area contributed by atoms with Gasteiger partial charge in [-0.2, -0.15) is 11.8 Å². The molecule has 1 aliphatic carbocycles. The minimum absolute atomic E-state index is 0.0317. The van der Waals surface area contributed by atoms with Crippen LogP contribution in [0.25, 0.3) is 0 Å². The second-order valence-electron chi connectivity index (χ2n) is 9.81. The highest BCUT2D eigenvalue weighted by Crippen LogP contribution is 2.58. The van der Waals surface area contributed by atoms with Gasteiger partial charge in [0.2, 0.25) is 5.91 Å². The summed E-state index contributed by atoms with van der Waals surface area (Å²) in [5.74, 6) is 1.96. The predicted molar refractivity (Wildman–Crippen MR) is 142 cm³/mol. The molecule has 1 heterocycles. The van der Waals surface area contributed by atoms with Crippen LogP contribution < -0.4 is 5.32 Å². The van der Waals surface area contributed by atoms with Crippen LogP contribution in [0.3, 0.4) is 0 Å². The summed E-state index contributed by atoms with van der Waals surface area (Å²) in [6, 6.07) is 16.6. The van der Waals surface area contributed by atoms with Gasteiger partial charge in [0.05, 0.1) is 5.41 Å². The van der Waals surface area contributed by atoms with E-state index in [1.165, 1.54) is 24.0 Å². The molecule has 0 bridgehead atoms. The van der Waals surface area contributed by atoms with Crippen molar-refractivity contribution in [3.8, 4) is 0 Å². The van der Waals surface area contributed by atoms with Gasteiger partial charge >= 0.3 is 0 Å². The van der Waals surface area contributed by atoms with Crippen molar-refractivity contribution in [2.24, 2.45) is 11.3 Å². The Morgan fingerprint density at radius 1 is 1.18 bits per heavy atom. The second-order valence-corrected chi connectivity index (χ2v) is 12.3. The fourth-order valence-electron chi connectivity index (χ4n) is 5.59. The maximum Gasteiger partial charge on any atom is 0.226 e. The number of piperidine rings is 1. The van der Waals surface area contributed by atoms with Crippen LogP contribution in [0.15, 0.2) is 61.2 Å². The Morgan fingerprint density at radius 3 is 2.52 bits per heavy atom. The van der Waals surface area contributed by atoms with Gasteiger partial charge in [-0.1, -0.05) is 67.4 Å². The van der Waals surface area contributed by atoms with E-state index in [1.807, 2.05) is 42.1 Å². The molecule has 1 amide bonds. The fraction of sp³-hybridized carbons (Fsp3) is 0.464. The van der Waals surface area contributed by atoms with Crippen LogP contribution in [0.2, 0.25) is 10.0 Å². The Labute approximate surface area is 212 Å². The molecule has 0 spiro atoms. The van der Waals surface area contributed by atoms with Crippen LogP contribution in [0.5, 0.6) is 0 Å². The summed E-state index contributed by atoms with van der Waals surface area (Å²) < 4.78 is -0.0414. The number of carbonyl (C=O) groups excluding carboxylic acids is 1. The lowest BCUT2D eigenvalue weighted by atomic mass is 9.67. The third-order valence-electron chi connectivity index (χ3n) is 7.39. The highest BCUT2D eigenvalue weighted by atomic mass is 35.5. The monoisotopic (exact) mass is 501 g/mol. The van der Waals surface area contributed by atoms with E-state index in [4.69, 9.17) is 23.2 Å². The van der Waals surface area contributed by atoms with E-state index in [-0.39, 0.29) is 22.6 Å². The molecule has 2 aliphatic rings. The van der Waals surface area contributed by atoms with Crippen molar-refractivity contribution < 1.29 is 4.79 Å². The molecule has 2 aromatic rings. The Kier molecular flexibility index (Phi) is 7.53. The smallest absolute Gasteiger partial charge is 0.226 e. The largest absolute Gasteiger partial charge is 0.352 e. The average Bonchev–Trinajstić information content (AvgIpc) is 3.62. The van der Waals surface area contributed by atoms with Crippen molar-refractivity contribution in [2.75, 3.05) is 5.75 Å². The second kappa shape index (κ2) is 10.1. The maximum atomic E-state index is 13.4. The number of carbonyl (C=O) groups is 1. The first-order valence-electron chi connectivity index (χ1n) is 11.9. The van der Waals surface area contributed by atoms with E-state index < -0.39 is 5.41 Å². The van der Waals surface area contributed by atoms with Crippen molar-refractivity contribution in [3.05, 3.63) is 82.4 Å². The molecule has 0 aromatic heterocycles. The van der Waals surface area contributed by atoms with Gasteiger partial charge in [-0.15, -0.1) is 6.58 Å². The molecule has 2 nitrogen and oxygen atoms in total. The van der Waals surface area contributed by atoms with E-state index in [2.05, 4.69) is 50.0 Å². The number of thioether (sulfide) groups is 1. The number of halogens is 2. The molecule has 176 valence electrons. The molecule has 4 atom stereocenters. The van der Waals surface area contributed by atoms with Crippen LogP contribution in [0.4, 0.5) is 0 Å². The molecule has 1 N–H and O–H groups in total. The molecule has 2 fully saturated rings. The van der Waals surface area contributed by atoms with Crippen LogP contribution in [-0.2, 0) is 9.54 Å². The molecule has 0 unspecified atom stereocenters. The SMILES string of the molecule is C=CC[C@@]1(C)C[C@H](c2cccc(Cl)c2)[C@H](C[C@@](SCC)(c2ccc(Cl)cc2)C2CC2)NC1=O. The number of rotatable bonds is 9. The third kappa shape index (κ3) is 5.16. The highest BCUT2D eigenvalue weighted by Gasteiger charge is 2.51. The van der Waals surface area contributed by atoms with Crippen LogP contribution in [0.1, 0.15) is 63.0 Å². The molecule has 5 heteroatoms. The molecule has 1 saturated heterocycles. The lowest BCUT2D eigenvalue weighted by Gasteiger charge is -2.46. The molecule has 0 radical (unpaired) electrons. The summed E-state index contributed by atoms with van der Waals surface area (Å²) in [6.07, 6.45) is 6.67. The molecule has 1 saturated carbocycles. The number of allylic oxidation sites excluding steroid dienone is 1. The van der Waals surface area contributed by atoms with Gasteiger partial charge in [-0.05, 0) is 79.2 Å². The zero-order chi connectivity index (χ0) is 23.6. The van der Waals surface area contributed by atoms with Crippen LogP contribution in [0, 0.1) is 11.3 Å². The summed E-state index contributed by atoms with van der Waals surface area (Å²) in [5.41, 5.74) is 2.05. The number of benzene rings is 2. The van der Waals surface area contributed by atoms with Crippen molar-refractivity contribution in [1.29, 1.82) is 0 Å². The van der Waals surface area contributed by atoms with E-state index >= 15 is 0 Å². The fourth-order valence-corrected chi connectivity index (χ4v) is 7.50. The Hall–Kier alpha value is -1.42. The van der Waals surface area contributed by atoms with Crippen molar-refractivity contribution in [3.63, 3.8) is 0 Å². The van der Waals surface area contributed by atoms with Gasteiger partial charge in [-0.3, -0.25) is 4.79 Å². The quantitative estimate of drug-likeness (QED) is 0.352. The van der Waals surface area contributed by atoms with Crippen LogP contribution in [-0.4, -0.2) is 17.7 Å². The van der Waals surface area contributed by atoms with E-state index in [9.17, 15) is 4.79 Å². The Bertz CT molecular complexity index is 1010. The Morgan fingerprint density at radius 2 is 1.91 bits per heavy atom. The van der Waals surface area contributed by atoms with Crippen molar-refractivity contribution in [2.45, 2.75) is 62.7 Å². The average molecular weight is 503 g/mol. The third-order valence-corrected chi connectivity index (χ3v) is 9.41. The summed E-state index contributed by atoms with van der Waals surface area (Å²) in [4.78, 5) is 13.4. The zero-order valence-electron chi connectivity index (χ0n) is 19.5. The number of hydrogen-bond donors (Lipinski definition) is 1. The summed E-state index contributed by atoms with van der Waals surface area (Å²) in [5, 5.41) is 4.96. The highest BCUT2D eigenvalue weighted by molar-refractivity contribution is 8.00. The molecule has 33 heavy (non-hydrogen) atoms. The number of hydrogen-bond acceptors (Lipinski definition) is 2. The van der Waals surface area contributed by atoms with Gasteiger partial charge in [0.25, 0.3) is 0 Å². The van der Waals surface area contributed by atoms with E-state index in [1.54, 1.807) is 0 Å². The lowest BCUT2D eigenvalue weighted by molar-refractivity contribution is -0.134. The van der Waals surface area contributed by atoms with Crippen molar-refractivity contribution >= 4 is 40.9 Å². The summed E-state index contributed by atoms with van der Waals surface area (Å²) in [6.45, 7) is 8.20. The first-order chi connectivity index (χ1) is 15.8. The zero-order valence-corrected chi connectivity index (χ0v) is 21.8. The topological polar surface area (TPSA) is 29.1 Å². The molecule has 1 aliphatic heterocycles. The summed E-state index contributed by atoms with van der Waals surface area (Å²) >= 11 is 14.7. The minimum Gasteiger partial charge on any atom is -0.352 e. The summed E-state index contributed by atoms with van der Waals surface area (Å²) in [7, 11) is 0. The number of nitrogens with one attached hydrogen (secondary N) is 1. The molecule has 4 rings (SSSR count). The molecular formula is C28H33Cl2NOS. The van der Waals surface area contributed by atoms with Crippen molar-refractivity contribution in [1.82, 2.24) is 5.32 Å². The van der Waals surface area contributed by atoms with E-state index in [0.29, 0.717) is 12.3 Å². The van der Waals surface area contributed by atoms with E-state index in [0.717, 1.165) is 28.6 Å². The standard InChI is InChI=1S/C28H33Cl2NOS/c1-4-15-27(3)17-24(19-7-6-8-23(30)16-19)25(31-26(27)32)18-28(33-5-2,20-9-10-20)21-11-13-22(29)14-12-21/h4,6-8,11-14,16,20,24-25H,1,5,9-10,15,17-18H2,2-3H3,(H,31,32)/t24-,25+,27+,28+/m1/s1. The van der Waals surface area contributed by atoms with Gasteiger partial charge in [0.15, 0.2) is 0 Å². The molecular weight excluding hydrogens is 469 g/mol.